The number of hydrogen-bond acceptors (Lipinski definition) is 4. The average Bonchev–Trinajstić information content (AvgIpc) is 3.23. The third-order valence-electron chi connectivity index (χ3n) is 11.9. The molecule has 1 heterocycles. The first-order valence-electron chi connectivity index (χ1n) is 20.4. The summed E-state index contributed by atoms with van der Waals surface area (Å²) < 4.78 is 19.1. The topological polar surface area (TPSA) is 48.0 Å². The minimum absolute atomic E-state index is 0.0337. The molecule has 5 nitrogen and oxygen atoms in total. The van der Waals surface area contributed by atoms with Gasteiger partial charge in [0.25, 0.3) is 8.32 Å². The molecule has 0 spiro atoms. The molecule has 3 unspecified atom stereocenters. The molecule has 0 bridgehead atoms. The first-order valence-corrected chi connectivity index (χ1v) is 23.0. The van der Waals surface area contributed by atoms with Crippen LogP contribution in [0.4, 0.5) is 0 Å². The molecule has 0 aliphatic carbocycles. The van der Waals surface area contributed by atoms with Crippen LogP contribution in [0.2, 0.25) is 15.1 Å². The number of likely N-dealkylation sites (tertiary alicyclic amines) is 1. The second kappa shape index (κ2) is 19.7. The van der Waals surface area contributed by atoms with Gasteiger partial charge < -0.3 is 18.8 Å². The van der Waals surface area contributed by atoms with Gasteiger partial charge in [-0.3, -0.25) is 4.79 Å². The van der Waals surface area contributed by atoms with Gasteiger partial charge in [0.15, 0.2) is 0 Å². The van der Waals surface area contributed by atoms with Crippen LogP contribution in [0.3, 0.4) is 0 Å². The smallest absolute Gasteiger partial charge is 0.261 e. The largest absolute Gasteiger partial charge is 0.497 e. The molecule has 0 saturated carbocycles. The van der Waals surface area contributed by atoms with Crippen molar-refractivity contribution in [1.82, 2.24) is 4.90 Å². The summed E-state index contributed by atoms with van der Waals surface area (Å²) in [5.74, 6) is 0.572. The van der Waals surface area contributed by atoms with Crippen LogP contribution in [0.15, 0.2) is 146 Å². The molecule has 5 atom stereocenters. The predicted molar refractivity (Wildman–Crippen MR) is 242 cm³/mol. The van der Waals surface area contributed by atoms with Crippen molar-refractivity contribution in [1.29, 1.82) is 0 Å². The zero-order chi connectivity index (χ0) is 41.3. The number of benzene rings is 5. The fraction of sp³-hybridized carbons (Fsp3) is 0.340. The van der Waals surface area contributed by atoms with Gasteiger partial charge in [0, 0.05) is 47.1 Å². The van der Waals surface area contributed by atoms with Crippen LogP contribution in [0.1, 0.15) is 75.6 Å². The Labute approximate surface area is 357 Å². The van der Waals surface area contributed by atoms with Crippen LogP contribution < -0.4 is 15.1 Å². The maximum Gasteiger partial charge on any atom is 0.261 e. The lowest BCUT2D eigenvalue weighted by molar-refractivity contribution is -0.149. The minimum atomic E-state index is -2.87. The SMILES string of the molecule is C=CC[C@@H](CO[Si](c1ccccc1)(c1ccccc1)C(C)(C)C)[C@@H](C)N1C(=O)C(CCOCc2ccc(OC)cc2)CC(c2cccc(Cl)c2)C1c1ccc(Cl)cc1. The highest BCUT2D eigenvalue weighted by atomic mass is 35.5. The lowest BCUT2D eigenvalue weighted by Gasteiger charge is -2.50. The first-order chi connectivity index (χ1) is 28.0. The number of hydrogen-bond donors (Lipinski definition) is 0. The molecule has 304 valence electrons. The molecule has 1 fully saturated rings. The van der Waals surface area contributed by atoms with Crippen molar-refractivity contribution in [3.05, 3.63) is 173 Å². The number of amides is 1. The third kappa shape index (κ3) is 9.81. The number of allylic oxidation sites excluding steroid dienone is 1. The summed E-state index contributed by atoms with van der Waals surface area (Å²) in [4.78, 5) is 17.4. The zero-order valence-corrected chi connectivity index (χ0v) is 37.0. The minimum Gasteiger partial charge on any atom is -0.497 e. The number of carbonyl (C=O) groups is 1. The van der Waals surface area contributed by atoms with Crippen molar-refractivity contribution in [2.75, 3.05) is 20.3 Å². The molecular formula is C50H57Cl2NO4Si. The highest BCUT2D eigenvalue weighted by Crippen LogP contribution is 2.48. The molecule has 8 heteroatoms. The Morgan fingerprint density at radius 2 is 1.47 bits per heavy atom. The lowest BCUT2D eigenvalue weighted by Crippen LogP contribution is -2.67. The Kier molecular flexibility index (Phi) is 14.8. The number of rotatable bonds is 17. The van der Waals surface area contributed by atoms with E-state index in [4.69, 9.17) is 37.1 Å². The fourth-order valence-electron chi connectivity index (χ4n) is 8.86. The molecule has 6 rings (SSSR count). The molecule has 5 aromatic rings. The van der Waals surface area contributed by atoms with Crippen LogP contribution >= 0.6 is 23.2 Å². The number of nitrogens with zero attached hydrogens (tertiary/aromatic N) is 1. The lowest BCUT2D eigenvalue weighted by atomic mass is 9.73. The highest BCUT2D eigenvalue weighted by Gasteiger charge is 2.51. The van der Waals surface area contributed by atoms with Crippen molar-refractivity contribution >= 4 is 47.8 Å². The molecular weight excluding hydrogens is 778 g/mol. The summed E-state index contributed by atoms with van der Waals surface area (Å²) in [5.41, 5.74) is 3.19. The first kappa shape index (κ1) is 43.4. The predicted octanol–water partition coefficient (Wildman–Crippen LogP) is 11.4. The standard InChI is InChI=1S/C50H57Cl2NO4Si/c1-7-15-41(35-57-58(50(3,4)5,45-18-10-8-11-19-45)46-20-12-9-13-21-46)36(2)53-48(38-24-26-42(51)27-25-38)47(39-16-14-17-43(52)32-39)33-40(49(53)54)30-31-56-34-37-22-28-44(55-6)29-23-37/h7-14,16-29,32,36,40-41,47-48H,1,15,30-31,33-35H2,2-6H3/t36-,40?,41+,47?,48?/m1/s1. The van der Waals surface area contributed by atoms with Crippen molar-refractivity contribution < 1.29 is 18.7 Å². The van der Waals surface area contributed by atoms with Crippen LogP contribution in [-0.4, -0.2) is 45.5 Å². The molecule has 0 aromatic heterocycles. The summed E-state index contributed by atoms with van der Waals surface area (Å²) >= 11 is 13.2. The van der Waals surface area contributed by atoms with Gasteiger partial charge in [-0.1, -0.05) is 147 Å². The van der Waals surface area contributed by atoms with Crippen molar-refractivity contribution in [3.63, 3.8) is 0 Å². The maximum absolute atomic E-state index is 15.3. The summed E-state index contributed by atoms with van der Waals surface area (Å²) in [7, 11) is -1.21. The summed E-state index contributed by atoms with van der Waals surface area (Å²) in [6, 6.07) is 44.9. The molecule has 0 N–H and O–H groups in total. The zero-order valence-electron chi connectivity index (χ0n) is 34.5. The monoisotopic (exact) mass is 833 g/mol. The fourth-order valence-corrected chi connectivity index (χ4v) is 13.8. The third-order valence-corrected chi connectivity index (χ3v) is 17.4. The van der Waals surface area contributed by atoms with Gasteiger partial charge in [-0.25, -0.2) is 0 Å². The highest BCUT2D eigenvalue weighted by molar-refractivity contribution is 6.99. The number of ether oxygens (including phenoxy) is 2. The van der Waals surface area contributed by atoms with Gasteiger partial charge in [-0.2, -0.15) is 0 Å². The van der Waals surface area contributed by atoms with E-state index in [-0.39, 0.29) is 40.8 Å². The summed E-state index contributed by atoms with van der Waals surface area (Å²) in [5, 5.41) is 3.58. The summed E-state index contributed by atoms with van der Waals surface area (Å²) in [6.45, 7) is 14.7. The maximum atomic E-state index is 15.3. The van der Waals surface area contributed by atoms with Crippen LogP contribution in [0.5, 0.6) is 5.75 Å². The van der Waals surface area contributed by atoms with Crippen molar-refractivity contribution in [2.45, 2.75) is 76.6 Å². The van der Waals surface area contributed by atoms with E-state index in [1.807, 2.05) is 54.6 Å². The number of carbonyl (C=O) groups excluding carboxylic acids is 1. The van der Waals surface area contributed by atoms with Crippen LogP contribution in [0, 0.1) is 11.8 Å². The molecule has 1 aliphatic rings. The molecule has 0 radical (unpaired) electrons. The molecule has 1 saturated heterocycles. The van der Waals surface area contributed by atoms with Gasteiger partial charge in [-0.05, 0) is 94.7 Å². The van der Waals surface area contributed by atoms with Gasteiger partial charge in [0.05, 0.1) is 19.8 Å². The van der Waals surface area contributed by atoms with Crippen molar-refractivity contribution in [3.8, 4) is 5.75 Å². The Balaban J connectivity index is 1.38. The van der Waals surface area contributed by atoms with Gasteiger partial charge >= 0.3 is 0 Å². The number of methoxy groups -OCH3 is 1. The van der Waals surface area contributed by atoms with Crippen molar-refractivity contribution in [2.24, 2.45) is 11.8 Å². The quantitative estimate of drug-likeness (QED) is 0.0532. The van der Waals surface area contributed by atoms with Crippen LogP contribution in [-0.2, 0) is 20.6 Å². The Hall–Kier alpha value is -4.17. The van der Waals surface area contributed by atoms with Crippen LogP contribution in [0.25, 0.3) is 0 Å². The Bertz CT molecular complexity index is 2030. The van der Waals surface area contributed by atoms with E-state index < -0.39 is 8.32 Å². The molecule has 58 heavy (non-hydrogen) atoms. The Morgan fingerprint density at radius 1 is 0.828 bits per heavy atom. The summed E-state index contributed by atoms with van der Waals surface area (Å²) in [6.07, 6.45) is 3.90. The van der Waals surface area contributed by atoms with E-state index in [0.717, 1.165) is 22.4 Å². The normalized spacial score (nSPS) is 18.4. The van der Waals surface area contributed by atoms with Gasteiger partial charge in [0.2, 0.25) is 5.91 Å². The van der Waals surface area contributed by atoms with Gasteiger partial charge in [-0.15, -0.1) is 6.58 Å². The average molecular weight is 835 g/mol. The van der Waals surface area contributed by atoms with Gasteiger partial charge in [0.1, 0.15) is 5.75 Å². The van der Waals surface area contributed by atoms with E-state index in [1.165, 1.54) is 10.4 Å². The second-order valence-electron chi connectivity index (χ2n) is 16.5. The van der Waals surface area contributed by atoms with E-state index in [2.05, 4.69) is 124 Å². The van der Waals surface area contributed by atoms with E-state index in [1.54, 1.807) is 7.11 Å². The number of piperidine rings is 1. The van der Waals surface area contributed by atoms with E-state index in [0.29, 0.717) is 49.1 Å². The number of halogens is 2. The molecule has 1 aliphatic heterocycles. The van der Waals surface area contributed by atoms with E-state index >= 15 is 4.79 Å². The van der Waals surface area contributed by atoms with E-state index in [9.17, 15) is 0 Å². The molecule has 1 amide bonds. The Morgan fingerprint density at radius 3 is 2.03 bits per heavy atom. The second-order valence-corrected chi connectivity index (χ2v) is 21.7. The molecule has 5 aromatic carbocycles.